The lowest BCUT2D eigenvalue weighted by Crippen LogP contribution is -2.33. The van der Waals surface area contributed by atoms with Crippen molar-refractivity contribution in [3.8, 4) is 22.3 Å². The molecule has 4 amide bonds. The van der Waals surface area contributed by atoms with E-state index in [-0.39, 0.29) is 57.6 Å². The van der Waals surface area contributed by atoms with E-state index in [0.717, 1.165) is 56.4 Å². The van der Waals surface area contributed by atoms with Crippen LogP contribution in [0.25, 0.3) is 66.1 Å². The highest BCUT2D eigenvalue weighted by Crippen LogP contribution is 2.46. The highest BCUT2D eigenvalue weighted by molar-refractivity contribution is 7.86. The maximum absolute atomic E-state index is 13.5. The molecule has 0 unspecified atom stereocenters. The Bertz CT molecular complexity index is 5210. The Hall–Kier alpha value is -11.2. The average Bonchev–Trinajstić information content (AvgIpc) is 1.61. The number of carbonyl (C=O) groups is 4. The molecule has 18 nitrogen and oxygen atoms in total. The third-order valence-corrected chi connectivity index (χ3v) is 21.3. The van der Waals surface area contributed by atoms with Crippen LogP contribution in [0.4, 0.5) is 34.1 Å². The van der Waals surface area contributed by atoms with Crippen molar-refractivity contribution >= 4 is 122 Å². The predicted octanol–water partition coefficient (Wildman–Crippen LogP) is 16.7. The van der Waals surface area contributed by atoms with Crippen LogP contribution in [0.2, 0.25) is 0 Å². The molecule has 0 radical (unpaired) electrons. The van der Waals surface area contributed by atoms with Crippen molar-refractivity contribution in [2.45, 2.75) is 56.7 Å². The van der Waals surface area contributed by atoms with Crippen molar-refractivity contribution < 1.29 is 54.0 Å². The van der Waals surface area contributed by atoms with Gasteiger partial charge in [0, 0.05) is 98.4 Å². The van der Waals surface area contributed by atoms with Gasteiger partial charge in [-0.15, -0.1) is 0 Å². The molecule has 10 aromatic carbocycles. The van der Waals surface area contributed by atoms with E-state index in [1.54, 1.807) is 84.9 Å². The van der Waals surface area contributed by atoms with Gasteiger partial charge in [-0.05, 0) is 154 Å². The Kier molecular flexibility index (Phi) is 17.8. The van der Waals surface area contributed by atoms with Crippen LogP contribution in [0.1, 0.15) is 82.9 Å². The predicted molar refractivity (Wildman–Crippen MR) is 397 cm³/mol. The third kappa shape index (κ3) is 12.6. The van der Waals surface area contributed by atoms with Crippen LogP contribution in [-0.4, -0.2) is 113 Å². The smallest absolute Gasteiger partial charge is 0.363 e. The molecule has 20 heteroatoms. The number of hydrogen-bond acceptors (Lipinski definition) is 12. The molecule has 4 heterocycles. The third-order valence-electron chi connectivity index (χ3n) is 19.4. The first-order valence-electron chi connectivity index (χ1n) is 33.4. The van der Waals surface area contributed by atoms with E-state index in [1.807, 2.05) is 151 Å². The van der Waals surface area contributed by atoms with Crippen LogP contribution in [0.5, 0.6) is 0 Å². The van der Waals surface area contributed by atoms with Crippen molar-refractivity contribution in [2.24, 2.45) is 0 Å². The largest absolute Gasteiger partial charge is 0.374 e. The molecule has 0 atom stereocenters. The fourth-order valence-electron chi connectivity index (χ4n) is 14.6. The van der Waals surface area contributed by atoms with E-state index < -0.39 is 20.2 Å². The topological polar surface area (TPSA) is 219 Å². The summed E-state index contributed by atoms with van der Waals surface area (Å²) in [4.78, 5) is 64.5. The lowest BCUT2D eigenvalue weighted by Gasteiger charge is -2.29. The van der Waals surface area contributed by atoms with Crippen LogP contribution in [0.3, 0.4) is 0 Å². The molecule has 0 saturated heterocycles. The number of para-hydroxylation sites is 2. The second-order valence-corrected chi connectivity index (χ2v) is 28.7. The zero-order valence-corrected chi connectivity index (χ0v) is 58.1. The van der Waals surface area contributed by atoms with Crippen molar-refractivity contribution in [3.05, 3.63) is 251 Å². The van der Waals surface area contributed by atoms with Gasteiger partial charge in [-0.1, -0.05) is 97.1 Å². The molecule has 2 N–H and O–H groups in total. The number of rotatable bonds is 22. The highest BCUT2D eigenvalue weighted by Gasteiger charge is 2.37. The first kappa shape index (κ1) is 67.0. The van der Waals surface area contributed by atoms with E-state index in [0.29, 0.717) is 123 Å². The average molecular weight is 1390 g/mol. The monoisotopic (exact) mass is 1380 g/mol. The van der Waals surface area contributed by atoms with Crippen molar-refractivity contribution in [3.63, 3.8) is 0 Å². The number of fused-ring (bicyclic) bond motifs is 6. The molecule has 2 aliphatic rings. The van der Waals surface area contributed by atoms with E-state index in [1.165, 1.54) is 21.9 Å². The number of hydrogen-bond donors (Lipinski definition) is 2. The minimum Gasteiger partial charge on any atom is -0.374 e. The minimum atomic E-state index is -4.71. The van der Waals surface area contributed by atoms with Gasteiger partial charge in [-0.25, -0.2) is 8.83 Å². The van der Waals surface area contributed by atoms with Gasteiger partial charge < -0.3 is 19.6 Å². The molecule has 0 bridgehead atoms. The minimum absolute atomic E-state index is 0.186. The Morgan fingerprint density at radius 1 is 0.347 bits per heavy atom. The lowest BCUT2D eigenvalue weighted by atomic mass is 9.96. The second-order valence-electron chi connectivity index (χ2n) is 25.9. The number of amides is 4. The normalized spacial score (nSPS) is 13.1. The first-order valence-corrected chi connectivity index (χ1v) is 36.2. The molecular formula is C81H72N6O12S2+2. The van der Waals surface area contributed by atoms with E-state index >= 15 is 0 Å². The van der Waals surface area contributed by atoms with Gasteiger partial charge >= 0.3 is 22.3 Å². The fraction of sp³-hybridized carbons (Fsp3) is 0.185. The molecule has 0 saturated carbocycles. The number of carbonyl (C=O) groups excluding carboxylic acids is 4. The molecule has 0 spiro atoms. The molecular weight excluding hydrogens is 1310 g/mol. The van der Waals surface area contributed by atoms with Gasteiger partial charge in [0.15, 0.2) is 0 Å². The molecule has 12 aromatic rings. The summed E-state index contributed by atoms with van der Waals surface area (Å²) < 4.78 is 87.9. The van der Waals surface area contributed by atoms with Crippen LogP contribution in [-0.2, 0) is 20.2 Å². The number of anilines is 6. The van der Waals surface area contributed by atoms with Gasteiger partial charge in [0.05, 0.1) is 79.4 Å². The van der Waals surface area contributed by atoms with Gasteiger partial charge in [0.2, 0.25) is 0 Å². The fourth-order valence-corrected chi connectivity index (χ4v) is 16.0. The number of benzene rings is 10. The molecule has 2 aliphatic heterocycles. The Morgan fingerprint density at radius 3 is 0.950 bits per heavy atom. The van der Waals surface area contributed by atoms with Gasteiger partial charge in [0.25, 0.3) is 43.9 Å². The summed E-state index contributed by atoms with van der Waals surface area (Å²) in [6.07, 6.45) is 1.54. The Morgan fingerprint density at radius 2 is 0.634 bits per heavy atom. The van der Waals surface area contributed by atoms with E-state index in [9.17, 15) is 45.1 Å². The van der Waals surface area contributed by atoms with Gasteiger partial charge in [-0.2, -0.15) is 16.8 Å². The van der Waals surface area contributed by atoms with Crippen LogP contribution in [0, 0.1) is 27.7 Å². The Labute approximate surface area is 585 Å². The molecule has 0 fully saturated rings. The number of nitrogens with zero attached hydrogens (tertiary/aromatic N) is 6. The first-order chi connectivity index (χ1) is 48.5. The van der Waals surface area contributed by atoms with Crippen molar-refractivity contribution in [2.75, 3.05) is 73.0 Å². The lowest BCUT2D eigenvalue weighted by molar-refractivity contribution is 0.0638. The summed E-state index contributed by atoms with van der Waals surface area (Å²) in [6, 6.07) is 61.6. The zero-order valence-electron chi connectivity index (χ0n) is 56.5. The summed E-state index contributed by atoms with van der Waals surface area (Å²) in [5.74, 6) is -1.29. The standard InChI is InChI=1S/C81H70N6O12S2/c1-50-20-15-21-51(2)76(50)84(42-18-44-86-78(88)58-24-7-8-25-59(58)79(86)89)56-34-38-64-70(48-56)98-68-46-54(32-36-62(68)74(64)66-28-11-13-30-72(66)100(92,93)94)82(5)40-17-41-83(6)55-33-37-63-69(47-55)99-71-49-57(35-39-65(71)75(63)67-29-12-14-31-73(67)101(95,96)97)85(77-52(3)22-16-23-53(77)4)43-19-45-87-80(90)60-26-9-10-27-61(60)81(87)91/h7-16,20-39,46-49H,17-19,40-45H2,1-6H3/p+2. The summed E-state index contributed by atoms with van der Waals surface area (Å²) in [5.41, 5.74) is 14.0. The zero-order chi connectivity index (χ0) is 70.8. The number of imide groups is 2. The highest BCUT2D eigenvalue weighted by atomic mass is 32.2. The summed E-state index contributed by atoms with van der Waals surface area (Å²) in [7, 11) is -5.46. The van der Waals surface area contributed by atoms with Crippen LogP contribution in [0.15, 0.2) is 225 Å². The van der Waals surface area contributed by atoms with Crippen LogP contribution >= 0.6 is 0 Å². The van der Waals surface area contributed by atoms with Gasteiger partial charge in [0.1, 0.15) is 9.79 Å². The van der Waals surface area contributed by atoms with Crippen LogP contribution < -0.4 is 19.6 Å². The van der Waals surface area contributed by atoms with E-state index in [2.05, 4.69) is 19.6 Å². The maximum Gasteiger partial charge on any atom is 0.363 e. The molecule has 0 aliphatic carbocycles. The Balaban J connectivity index is 0.770. The molecule has 508 valence electrons. The molecule has 101 heavy (non-hydrogen) atoms. The second kappa shape index (κ2) is 26.8. The molecule has 2 aromatic heterocycles. The summed E-state index contributed by atoms with van der Waals surface area (Å²) >= 11 is 0. The van der Waals surface area contributed by atoms with Gasteiger partial charge in [-0.3, -0.25) is 38.1 Å². The SMILES string of the molecule is Cc1cccc(C)c1N(CCCN1C(=O)c2ccccc2C1=O)c1ccc2c(-c3ccccc3S(=O)(=O)O)c3ccc(N(C)CCCN(C)c4ccc5c(-c6ccccc6S(=O)(=O)O)c6ccc(N(CCCN7C(=O)c8ccccc8C7=O)c7c(C)cccc7C)cc6[o+]c5c4)cc3[o+]c2c1. The summed E-state index contributed by atoms with van der Waals surface area (Å²) in [5, 5.41) is 2.41. The number of aryl methyl sites for hydroxylation is 4. The summed E-state index contributed by atoms with van der Waals surface area (Å²) in [6.45, 7) is 10.5. The van der Waals surface area contributed by atoms with E-state index in [4.69, 9.17) is 8.83 Å². The maximum atomic E-state index is 13.5. The molecule has 14 rings (SSSR count). The van der Waals surface area contributed by atoms with Crippen molar-refractivity contribution in [1.29, 1.82) is 0 Å². The quantitative estimate of drug-likeness (QED) is 0.0279. The van der Waals surface area contributed by atoms with Crippen molar-refractivity contribution in [1.82, 2.24) is 9.80 Å².